The quantitative estimate of drug-likeness (QED) is 0.225. The minimum Gasteiger partial charge on any atom is -0.394 e. The van der Waals surface area contributed by atoms with Crippen molar-refractivity contribution >= 4 is 6.41 Å². The summed E-state index contributed by atoms with van der Waals surface area (Å²) in [6, 6.07) is -0.166. The molecule has 0 rings (SSSR count). The first kappa shape index (κ1) is 22.2. The lowest BCUT2D eigenvalue weighted by Crippen LogP contribution is -2.36. The van der Waals surface area contributed by atoms with Crippen molar-refractivity contribution < 1.29 is 9.90 Å². The van der Waals surface area contributed by atoms with E-state index >= 15 is 0 Å². The molecule has 0 saturated heterocycles. The van der Waals surface area contributed by atoms with Crippen molar-refractivity contribution in [1.29, 1.82) is 0 Å². The Labute approximate surface area is 143 Å². The fourth-order valence-corrected chi connectivity index (χ4v) is 2.83. The summed E-state index contributed by atoms with van der Waals surface area (Å²) in [7, 11) is 0. The predicted molar refractivity (Wildman–Crippen MR) is 99.5 cm³/mol. The Morgan fingerprint density at radius 2 is 1.43 bits per heavy atom. The zero-order valence-corrected chi connectivity index (χ0v) is 15.4. The molecule has 0 aromatic heterocycles. The van der Waals surface area contributed by atoms with Crippen LogP contribution in [0.4, 0.5) is 0 Å². The number of carbonyl (C=O) groups is 1. The van der Waals surface area contributed by atoms with Gasteiger partial charge in [-0.25, -0.2) is 0 Å². The Morgan fingerprint density at radius 3 is 1.91 bits per heavy atom. The van der Waals surface area contributed by atoms with Crippen LogP contribution in [0.15, 0.2) is 12.2 Å². The molecule has 0 spiro atoms. The Balaban J connectivity index is 3.38. The van der Waals surface area contributed by atoms with Gasteiger partial charge in [0, 0.05) is 0 Å². The van der Waals surface area contributed by atoms with E-state index in [0.29, 0.717) is 6.41 Å². The van der Waals surface area contributed by atoms with Gasteiger partial charge in [0.25, 0.3) is 0 Å². The van der Waals surface area contributed by atoms with Gasteiger partial charge < -0.3 is 10.4 Å². The van der Waals surface area contributed by atoms with Gasteiger partial charge in [-0.05, 0) is 18.8 Å². The molecule has 0 aliphatic rings. The van der Waals surface area contributed by atoms with Crippen molar-refractivity contribution in [3.63, 3.8) is 0 Å². The second-order valence-electron chi connectivity index (χ2n) is 6.69. The number of aliphatic hydroxyl groups is 1. The molecule has 0 bridgehead atoms. The molecule has 0 fully saturated rings. The zero-order chi connectivity index (χ0) is 17.2. The maximum Gasteiger partial charge on any atom is 0.207 e. The van der Waals surface area contributed by atoms with Crippen LogP contribution in [0.1, 0.15) is 90.9 Å². The summed E-state index contributed by atoms with van der Waals surface area (Å²) in [6.07, 6.45) is 21.1. The van der Waals surface area contributed by atoms with Crippen LogP contribution in [0.3, 0.4) is 0 Å². The van der Waals surface area contributed by atoms with Crippen molar-refractivity contribution in [3.8, 4) is 0 Å². The first-order valence-electron chi connectivity index (χ1n) is 9.73. The van der Waals surface area contributed by atoms with Crippen LogP contribution in [0, 0.1) is 5.92 Å². The monoisotopic (exact) mass is 325 g/mol. The summed E-state index contributed by atoms with van der Waals surface area (Å²) in [6.45, 7) is 4.28. The van der Waals surface area contributed by atoms with Crippen LogP contribution in [-0.2, 0) is 4.79 Å². The number of unbranched alkanes of at least 4 members (excludes halogenated alkanes) is 11. The number of amides is 1. The van der Waals surface area contributed by atoms with E-state index in [9.17, 15) is 9.90 Å². The van der Waals surface area contributed by atoms with E-state index in [1.807, 2.05) is 6.92 Å². The number of rotatable bonds is 17. The van der Waals surface area contributed by atoms with E-state index in [0.717, 1.165) is 6.42 Å². The third kappa shape index (κ3) is 14.5. The number of hydrogen-bond donors (Lipinski definition) is 2. The van der Waals surface area contributed by atoms with Gasteiger partial charge in [-0.3, -0.25) is 4.79 Å². The second kappa shape index (κ2) is 17.5. The summed E-state index contributed by atoms with van der Waals surface area (Å²) in [5.41, 5.74) is 0. The Morgan fingerprint density at radius 1 is 0.913 bits per heavy atom. The highest BCUT2D eigenvalue weighted by atomic mass is 16.3. The van der Waals surface area contributed by atoms with Crippen molar-refractivity contribution in [2.75, 3.05) is 6.61 Å². The van der Waals surface area contributed by atoms with Gasteiger partial charge in [0.05, 0.1) is 12.6 Å². The topological polar surface area (TPSA) is 49.3 Å². The lowest BCUT2D eigenvalue weighted by atomic mass is 10.0. The number of nitrogens with one attached hydrogen (secondary N) is 1. The van der Waals surface area contributed by atoms with E-state index in [1.165, 1.54) is 70.6 Å². The van der Waals surface area contributed by atoms with Gasteiger partial charge in [0.2, 0.25) is 6.41 Å². The normalized spacial score (nSPS) is 14.0. The molecular weight excluding hydrogens is 286 g/mol. The summed E-state index contributed by atoms with van der Waals surface area (Å²) in [5.74, 6) is 0.179. The zero-order valence-electron chi connectivity index (χ0n) is 15.4. The molecule has 136 valence electrons. The van der Waals surface area contributed by atoms with Gasteiger partial charge in [-0.15, -0.1) is 0 Å². The fraction of sp³-hybridized carbons (Fsp3) is 0.850. The SMILES string of the molecule is CCCCCCCCCCCCC/C=C/[C@@H](C)[C@H](CO)NC=O. The lowest BCUT2D eigenvalue weighted by Gasteiger charge is -2.17. The molecule has 23 heavy (non-hydrogen) atoms. The first-order chi connectivity index (χ1) is 11.3. The molecule has 0 saturated carbocycles. The third-order valence-corrected chi connectivity index (χ3v) is 4.53. The van der Waals surface area contributed by atoms with Gasteiger partial charge in [-0.1, -0.05) is 90.2 Å². The standard InChI is InChI=1S/C20H39NO2/c1-3-4-5-6-7-8-9-10-11-12-13-14-15-16-19(2)20(17-22)21-18-23/h15-16,18-20,22H,3-14,17H2,1-2H3,(H,21,23)/b16-15+/t19-,20+/m1/s1. The average Bonchev–Trinajstić information content (AvgIpc) is 2.56. The molecular formula is C20H39NO2. The van der Waals surface area contributed by atoms with E-state index in [2.05, 4.69) is 24.4 Å². The summed E-state index contributed by atoms with van der Waals surface area (Å²) >= 11 is 0. The highest BCUT2D eigenvalue weighted by Gasteiger charge is 2.11. The maximum atomic E-state index is 10.4. The van der Waals surface area contributed by atoms with E-state index in [4.69, 9.17) is 0 Å². The molecule has 0 radical (unpaired) electrons. The third-order valence-electron chi connectivity index (χ3n) is 4.53. The number of hydrogen-bond acceptors (Lipinski definition) is 2. The molecule has 0 aliphatic heterocycles. The van der Waals surface area contributed by atoms with Crippen molar-refractivity contribution in [2.24, 2.45) is 5.92 Å². The van der Waals surface area contributed by atoms with Gasteiger partial charge in [0.1, 0.15) is 0 Å². The summed E-state index contributed by atoms with van der Waals surface area (Å²) in [5, 5.41) is 11.8. The molecule has 0 heterocycles. The minimum atomic E-state index is -0.166. The van der Waals surface area contributed by atoms with Gasteiger partial charge in [-0.2, -0.15) is 0 Å². The molecule has 3 heteroatoms. The van der Waals surface area contributed by atoms with Crippen LogP contribution in [-0.4, -0.2) is 24.2 Å². The van der Waals surface area contributed by atoms with Crippen molar-refractivity contribution in [2.45, 2.75) is 96.9 Å². The maximum absolute atomic E-state index is 10.4. The second-order valence-corrected chi connectivity index (χ2v) is 6.69. The smallest absolute Gasteiger partial charge is 0.207 e. The average molecular weight is 326 g/mol. The lowest BCUT2D eigenvalue weighted by molar-refractivity contribution is -0.110. The van der Waals surface area contributed by atoms with Gasteiger partial charge >= 0.3 is 0 Å². The molecule has 1 amide bonds. The number of aliphatic hydroxyl groups excluding tert-OH is 1. The van der Waals surface area contributed by atoms with Crippen LogP contribution in [0.5, 0.6) is 0 Å². The minimum absolute atomic E-state index is 0.0112. The number of allylic oxidation sites excluding steroid dienone is 1. The summed E-state index contributed by atoms with van der Waals surface area (Å²) < 4.78 is 0. The first-order valence-corrected chi connectivity index (χ1v) is 9.73. The van der Waals surface area contributed by atoms with Crippen LogP contribution in [0.25, 0.3) is 0 Å². The summed E-state index contributed by atoms with van der Waals surface area (Å²) in [4.78, 5) is 10.4. The Kier molecular flexibility index (Phi) is 16.9. The van der Waals surface area contributed by atoms with Gasteiger partial charge in [0.15, 0.2) is 0 Å². The Bertz CT molecular complexity index is 279. The van der Waals surface area contributed by atoms with E-state index in [-0.39, 0.29) is 18.6 Å². The van der Waals surface area contributed by atoms with Crippen LogP contribution >= 0.6 is 0 Å². The predicted octanol–water partition coefficient (Wildman–Crippen LogP) is 4.99. The molecule has 2 atom stereocenters. The highest BCUT2D eigenvalue weighted by Crippen LogP contribution is 2.12. The van der Waals surface area contributed by atoms with Crippen LogP contribution in [0.2, 0.25) is 0 Å². The Hall–Kier alpha value is -0.830. The highest BCUT2D eigenvalue weighted by molar-refractivity contribution is 5.46. The van der Waals surface area contributed by atoms with Crippen LogP contribution < -0.4 is 5.32 Å². The van der Waals surface area contributed by atoms with Crippen molar-refractivity contribution in [1.82, 2.24) is 5.32 Å². The molecule has 3 nitrogen and oxygen atoms in total. The fourth-order valence-electron chi connectivity index (χ4n) is 2.83. The molecule has 2 N–H and O–H groups in total. The van der Waals surface area contributed by atoms with Crippen molar-refractivity contribution in [3.05, 3.63) is 12.2 Å². The van der Waals surface area contributed by atoms with E-state index in [1.54, 1.807) is 0 Å². The largest absolute Gasteiger partial charge is 0.394 e. The molecule has 0 aliphatic carbocycles. The van der Waals surface area contributed by atoms with E-state index < -0.39 is 0 Å². The number of carbonyl (C=O) groups excluding carboxylic acids is 1. The molecule has 0 unspecified atom stereocenters. The molecule has 0 aromatic rings. The molecule has 0 aromatic carbocycles.